The number of nitrogens with zero attached hydrogens (tertiary/aromatic N) is 4. The Morgan fingerprint density at radius 2 is 2.23 bits per heavy atom. The quantitative estimate of drug-likeness (QED) is 0.407. The van der Waals surface area contributed by atoms with Crippen molar-refractivity contribution in [3.8, 4) is 5.88 Å². The summed E-state index contributed by atoms with van der Waals surface area (Å²) in [5.41, 5.74) is 2.38. The minimum Gasteiger partial charge on any atom is -0.475 e. The van der Waals surface area contributed by atoms with Gasteiger partial charge in [0.25, 0.3) is 5.91 Å². The summed E-state index contributed by atoms with van der Waals surface area (Å²) in [6, 6.07) is 5.57. The average molecular weight is 447 g/mol. The number of ether oxygens (including phenoxy) is 3. The van der Waals surface area contributed by atoms with Crippen LogP contribution in [0.25, 0.3) is 0 Å². The normalized spacial score (nSPS) is 16.4. The number of rotatable bonds is 10. The van der Waals surface area contributed by atoms with Gasteiger partial charge in [-0.3, -0.25) is 9.78 Å². The lowest BCUT2D eigenvalue weighted by molar-refractivity contribution is -0.0409. The summed E-state index contributed by atoms with van der Waals surface area (Å²) in [6.45, 7) is 4.29. The summed E-state index contributed by atoms with van der Waals surface area (Å²) in [7, 11) is 1.62. The van der Waals surface area contributed by atoms with E-state index >= 15 is 0 Å². The van der Waals surface area contributed by atoms with Gasteiger partial charge < -0.3 is 19.1 Å². The monoisotopic (exact) mass is 446 g/mol. The third kappa shape index (κ3) is 6.88. The Morgan fingerprint density at radius 3 is 2.94 bits per heavy atom. The van der Waals surface area contributed by atoms with Crippen molar-refractivity contribution in [2.24, 2.45) is 0 Å². The lowest BCUT2D eigenvalue weighted by Crippen LogP contribution is -2.47. The van der Waals surface area contributed by atoms with Crippen LogP contribution in [0.15, 0.2) is 29.6 Å². The summed E-state index contributed by atoms with van der Waals surface area (Å²) in [5, 5.41) is 0.624. The Hall–Kier alpha value is -2.23. The summed E-state index contributed by atoms with van der Waals surface area (Å²) in [6.07, 6.45) is 6.73. The van der Waals surface area contributed by atoms with Crippen LogP contribution in [-0.2, 0) is 22.5 Å². The zero-order chi connectivity index (χ0) is 22.1. The van der Waals surface area contributed by atoms with Gasteiger partial charge in [0.15, 0.2) is 5.16 Å². The summed E-state index contributed by atoms with van der Waals surface area (Å²) >= 11 is 1.44. The molecule has 3 rings (SSSR count). The number of hydrogen-bond acceptors (Lipinski definition) is 8. The number of hydrogen-bond donors (Lipinski definition) is 0. The Kier molecular flexibility index (Phi) is 9.05. The fourth-order valence-electron chi connectivity index (χ4n) is 3.26. The van der Waals surface area contributed by atoms with E-state index in [0.717, 1.165) is 30.5 Å². The smallest absolute Gasteiger partial charge is 0.272 e. The van der Waals surface area contributed by atoms with E-state index < -0.39 is 0 Å². The number of aryl methyl sites for hydroxylation is 1. The molecule has 31 heavy (non-hydrogen) atoms. The van der Waals surface area contributed by atoms with Crippen molar-refractivity contribution in [3.63, 3.8) is 0 Å². The van der Waals surface area contributed by atoms with Crippen LogP contribution in [0, 0.1) is 0 Å². The van der Waals surface area contributed by atoms with E-state index in [2.05, 4.69) is 21.9 Å². The van der Waals surface area contributed by atoms with Crippen molar-refractivity contribution >= 4 is 17.7 Å². The van der Waals surface area contributed by atoms with Crippen LogP contribution in [0.5, 0.6) is 5.88 Å². The second-order valence-electron chi connectivity index (χ2n) is 7.33. The van der Waals surface area contributed by atoms with Crippen LogP contribution >= 0.6 is 11.8 Å². The van der Waals surface area contributed by atoms with Crippen molar-refractivity contribution in [1.82, 2.24) is 19.9 Å². The number of morpholine rings is 1. The largest absolute Gasteiger partial charge is 0.475 e. The van der Waals surface area contributed by atoms with Crippen LogP contribution in [0.4, 0.5) is 0 Å². The summed E-state index contributed by atoms with van der Waals surface area (Å²) in [5.74, 6) is 0.396. The number of amides is 1. The molecule has 2 aromatic rings. The zero-order valence-corrected chi connectivity index (χ0v) is 19.2. The molecule has 1 saturated heterocycles. The number of thioether (sulfide) groups is 1. The molecule has 0 saturated carbocycles. The lowest BCUT2D eigenvalue weighted by Gasteiger charge is -2.32. The molecule has 1 aliphatic heterocycles. The number of aromatic nitrogens is 3. The number of unbranched alkanes of at least 4 members (excludes halogenated alkanes) is 1. The minimum absolute atomic E-state index is 0.0792. The van der Waals surface area contributed by atoms with Crippen molar-refractivity contribution in [2.75, 3.05) is 39.7 Å². The molecule has 0 aromatic carbocycles. The van der Waals surface area contributed by atoms with Crippen LogP contribution in [0.1, 0.15) is 41.5 Å². The maximum atomic E-state index is 12.9. The van der Waals surface area contributed by atoms with Gasteiger partial charge in [-0.2, -0.15) is 4.98 Å². The van der Waals surface area contributed by atoms with E-state index in [1.165, 1.54) is 11.8 Å². The maximum absolute atomic E-state index is 12.9. The first-order valence-corrected chi connectivity index (χ1v) is 11.7. The molecule has 1 aliphatic rings. The van der Waals surface area contributed by atoms with Crippen molar-refractivity contribution < 1.29 is 19.0 Å². The minimum atomic E-state index is -0.236. The highest BCUT2D eigenvalue weighted by Crippen LogP contribution is 2.18. The third-order valence-corrected chi connectivity index (χ3v) is 5.46. The topological polar surface area (TPSA) is 86.7 Å². The highest BCUT2D eigenvalue weighted by Gasteiger charge is 2.26. The molecule has 168 valence electrons. The number of carbonyl (C=O) groups excluding carboxylic acids is 1. The van der Waals surface area contributed by atoms with E-state index in [1.54, 1.807) is 24.3 Å². The Labute approximate surface area is 187 Å². The molecule has 2 aromatic heterocycles. The molecular formula is C22H30N4O4S. The van der Waals surface area contributed by atoms with Crippen LogP contribution in [0.2, 0.25) is 0 Å². The standard InChI is InChI=1S/C22H30N4O4S/c1-4-5-6-16-7-8-19(23-12-16)21(27)26-9-10-29-18(13-26)15-30-20-11-17(14-28-2)24-22(25-20)31-3/h7-8,11-12,18H,4-6,9-10,13-15H2,1-3H3. The molecule has 1 fully saturated rings. The van der Waals surface area contributed by atoms with Gasteiger partial charge in [0.2, 0.25) is 5.88 Å². The van der Waals surface area contributed by atoms with Gasteiger partial charge in [0.05, 0.1) is 25.5 Å². The number of methoxy groups -OCH3 is 1. The molecule has 1 atom stereocenters. The molecule has 1 amide bonds. The van der Waals surface area contributed by atoms with Crippen LogP contribution in [-0.4, -0.2) is 71.5 Å². The van der Waals surface area contributed by atoms with E-state index in [0.29, 0.717) is 49.6 Å². The van der Waals surface area contributed by atoms with E-state index in [4.69, 9.17) is 14.2 Å². The molecule has 9 heteroatoms. The van der Waals surface area contributed by atoms with E-state index in [1.807, 2.05) is 18.4 Å². The molecule has 0 radical (unpaired) electrons. The fraction of sp³-hybridized carbons (Fsp3) is 0.545. The predicted octanol–water partition coefficient (Wildman–Crippen LogP) is 3.00. The fourth-order valence-corrected chi connectivity index (χ4v) is 3.65. The SMILES string of the molecule is CCCCc1ccc(C(=O)N2CCOC(COc3cc(COC)nc(SC)n3)C2)nc1. The second kappa shape index (κ2) is 12.0. The molecule has 8 nitrogen and oxygen atoms in total. The van der Waals surface area contributed by atoms with E-state index in [-0.39, 0.29) is 12.0 Å². The van der Waals surface area contributed by atoms with E-state index in [9.17, 15) is 4.79 Å². The number of pyridine rings is 1. The molecule has 3 heterocycles. The first-order valence-electron chi connectivity index (χ1n) is 10.5. The van der Waals surface area contributed by atoms with Gasteiger partial charge in [0.1, 0.15) is 18.4 Å². The van der Waals surface area contributed by atoms with Gasteiger partial charge in [-0.15, -0.1) is 0 Å². The van der Waals surface area contributed by atoms with Crippen molar-refractivity contribution in [1.29, 1.82) is 0 Å². The highest BCUT2D eigenvalue weighted by molar-refractivity contribution is 7.98. The van der Waals surface area contributed by atoms with Crippen LogP contribution in [0.3, 0.4) is 0 Å². The van der Waals surface area contributed by atoms with Crippen molar-refractivity contribution in [2.45, 2.75) is 44.1 Å². The molecule has 1 unspecified atom stereocenters. The second-order valence-corrected chi connectivity index (χ2v) is 8.10. The lowest BCUT2D eigenvalue weighted by atomic mass is 10.1. The van der Waals surface area contributed by atoms with Gasteiger partial charge in [-0.05, 0) is 30.7 Å². The van der Waals surface area contributed by atoms with Gasteiger partial charge in [-0.1, -0.05) is 31.2 Å². The zero-order valence-electron chi connectivity index (χ0n) is 18.4. The number of carbonyl (C=O) groups is 1. The molecule has 0 N–H and O–H groups in total. The van der Waals surface area contributed by atoms with Gasteiger partial charge in [0, 0.05) is 25.9 Å². The van der Waals surface area contributed by atoms with Crippen molar-refractivity contribution in [3.05, 3.63) is 41.3 Å². The molecular weight excluding hydrogens is 416 g/mol. The Balaban J connectivity index is 1.57. The first-order chi connectivity index (χ1) is 15.1. The third-order valence-electron chi connectivity index (χ3n) is 4.92. The molecule has 0 bridgehead atoms. The van der Waals surface area contributed by atoms with Gasteiger partial charge >= 0.3 is 0 Å². The molecule has 0 aliphatic carbocycles. The average Bonchev–Trinajstić information content (AvgIpc) is 2.81. The molecule has 0 spiro atoms. The maximum Gasteiger partial charge on any atom is 0.272 e. The first kappa shape index (κ1) is 23.4. The highest BCUT2D eigenvalue weighted by atomic mass is 32.2. The Bertz CT molecular complexity index is 850. The summed E-state index contributed by atoms with van der Waals surface area (Å²) < 4.78 is 16.8. The van der Waals surface area contributed by atoms with Crippen LogP contribution < -0.4 is 4.74 Å². The Morgan fingerprint density at radius 1 is 1.35 bits per heavy atom. The van der Waals surface area contributed by atoms with Gasteiger partial charge in [-0.25, -0.2) is 4.98 Å². The predicted molar refractivity (Wildman–Crippen MR) is 119 cm³/mol. The summed E-state index contributed by atoms with van der Waals surface area (Å²) in [4.78, 5) is 27.8.